The van der Waals surface area contributed by atoms with E-state index < -0.39 is 0 Å². The first kappa shape index (κ1) is 5.46. The van der Waals surface area contributed by atoms with Gasteiger partial charge in [-0.1, -0.05) is 0 Å². The fourth-order valence-electron chi connectivity index (χ4n) is 0.998. The molecule has 0 atom stereocenters. The zero-order valence-corrected chi connectivity index (χ0v) is 5.92. The van der Waals surface area contributed by atoms with Crippen molar-refractivity contribution in [3.63, 3.8) is 0 Å². The number of aromatic nitrogens is 4. The molecule has 0 aliphatic heterocycles. The molecule has 0 aliphatic carbocycles. The molecule has 2 heterocycles. The number of nitrogens with one attached hydrogen (secondary N) is 1. The molecule has 10 heavy (non-hydrogen) atoms. The lowest BCUT2D eigenvalue weighted by Crippen LogP contribution is -1.85. The Hall–Kier alpha value is -1.32. The largest absolute Gasteiger partial charge is 0.298 e. The Morgan fingerprint density at radius 3 is 2.90 bits per heavy atom. The summed E-state index contributed by atoms with van der Waals surface area (Å²) in [6.07, 6.45) is 1.91. The maximum atomic E-state index is 3.96. The van der Waals surface area contributed by atoms with Crippen molar-refractivity contribution in [2.24, 2.45) is 0 Å². The van der Waals surface area contributed by atoms with E-state index >= 15 is 0 Å². The number of aromatic amines is 1. The molecule has 52 valence electrons. The van der Waals surface area contributed by atoms with Gasteiger partial charge in [0.1, 0.15) is 5.82 Å². The van der Waals surface area contributed by atoms with E-state index in [0.717, 1.165) is 17.0 Å². The summed E-state index contributed by atoms with van der Waals surface area (Å²) in [5.41, 5.74) is 2.04. The first-order valence-corrected chi connectivity index (χ1v) is 3.15. The molecule has 0 fully saturated rings. The van der Waals surface area contributed by atoms with Gasteiger partial charge in [-0.3, -0.25) is 5.10 Å². The highest BCUT2D eigenvalue weighted by atomic mass is 15.4. The topological polar surface area (TPSA) is 46.0 Å². The van der Waals surface area contributed by atoms with Crippen molar-refractivity contribution in [2.75, 3.05) is 0 Å². The summed E-state index contributed by atoms with van der Waals surface area (Å²) in [5, 5.41) is 10.9. The van der Waals surface area contributed by atoms with Gasteiger partial charge in [-0.05, 0) is 13.8 Å². The zero-order chi connectivity index (χ0) is 7.14. The van der Waals surface area contributed by atoms with Crippen LogP contribution >= 0.6 is 0 Å². The Balaban J connectivity index is 2.95. The van der Waals surface area contributed by atoms with Crippen molar-refractivity contribution in [3.8, 4) is 0 Å². The molecular formula is C6H8N4. The van der Waals surface area contributed by atoms with Gasteiger partial charge >= 0.3 is 0 Å². The van der Waals surface area contributed by atoms with Crippen LogP contribution in [0.2, 0.25) is 0 Å². The summed E-state index contributed by atoms with van der Waals surface area (Å²) < 4.78 is 1.86. The van der Waals surface area contributed by atoms with Crippen molar-refractivity contribution in [1.82, 2.24) is 19.8 Å². The van der Waals surface area contributed by atoms with Crippen LogP contribution in [0.5, 0.6) is 0 Å². The van der Waals surface area contributed by atoms with Gasteiger partial charge in [0, 0.05) is 11.8 Å². The van der Waals surface area contributed by atoms with E-state index in [0.29, 0.717) is 0 Å². The van der Waals surface area contributed by atoms with E-state index in [1.165, 1.54) is 0 Å². The smallest absolute Gasteiger partial charge is 0.180 e. The van der Waals surface area contributed by atoms with Crippen molar-refractivity contribution in [2.45, 2.75) is 13.8 Å². The summed E-state index contributed by atoms with van der Waals surface area (Å²) in [6.45, 7) is 3.91. The molecule has 0 saturated heterocycles. The molecule has 0 bridgehead atoms. The third-order valence-corrected chi connectivity index (χ3v) is 1.59. The van der Waals surface area contributed by atoms with Gasteiger partial charge in [0.25, 0.3) is 0 Å². The normalized spacial score (nSPS) is 11.0. The van der Waals surface area contributed by atoms with Crippen molar-refractivity contribution >= 4 is 5.65 Å². The Morgan fingerprint density at radius 1 is 1.40 bits per heavy atom. The molecule has 2 aromatic heterocycles. The van der Waals surface area contributed by atoms with Crippen LogP contribution in [0.25, 0.3) is 5.65 Å². The fraction of sp³-hybridized carbons (Fsp3) is 0.333. The molecule has 0 aliphatic rings. The van der Waals surface area contributed by atoms with E-state index in [4.69, 9.17) is 0 Å². The lowest BCUT2D eigenvalue weighted by molar-refractivity contribution is 0.893. The van der Waals surface area contributed by atoms with Crippen molar-refractivity contribution in [3.05, 3.63) is 17.6 Å². The number of aryl methyl sites for hydroxylation is 2. The maximum absolute atomic E-state index is 3.96. The summed E-state index contributed by atoms with van der Waals surface area (Å²) in [7, 11) is 0. The van der Waals surface area contributed by atoms with Crippen LogP contribution in [0.1, 0.15) is 11.4 Å². The average molecular weight is 136 g/mol. The molecule has 0 spiro atoms. The van der Waals surface area contributed by atoms with Gasteiger partial charge in [-0.25, -0.2) is 4.52 Å². The second-order valence-electron chi connectivity index (χ2n) is 2.36. The monoisotopic (exact) mass is 136 g/mol. The molecule has 0 unspecified atom stereocenters. The summed E-state index contributed by atoms with van der Waals surface area (Å²) in [6, 6.07) is 0. The first-order chi connectivity index (χ1) is 4.79. The molecule has 0 aromatic carbocycles. The molecule has 2 rings (SSSR count). The number of nitrogens with zero attached hydrogens (tertiary/aromatic N) is 3. The van der Waals surface area contributed by atoms with Crippen LogP contribution in [-0.2, 0) is 0 Å². The third kappa shape index (κ3) is 0.504. The minimum atomic E-state index is 0.892. The summed E-state index contributed by atoms with van der Waals surface area (Å²) in [5.74, 6) is 0.892. The van der Waals surface area contributed by atoms with E-state index in [9.17, 15) is 0 Å². The van der Waals surface area contributed by atoms with E-state index in [1.54, 1.807) is 0 Å². The predicted molar refractivity (Wildman–Crippen MR) is 36.8 cm³/mol. The molecule has 2 aromatic rings. The Labute approximate surface area is 57.9 Å². The zero-order valence-electron chi connectivity index (χ0n) is 5.92. The highest BCUT2D eigenvalue weighted by Gasteiger charge is 2.02. The van der Waals surface area contributed by atoms with E-state index in [2.05, 4.69) is 15.3 Å². The summed E-state index contributed by atoms with van der Waals surface area (Å²) >= 11 is 0. The standard InChI is InChI=1S/C6H8N4/c1-4-3-7-10-5(2)8-9-6(4)10/h3,7H,1-2H3. The fourth-order valence-corrected chi connectivity index (χ4v) is 0.998. The first-order valence-electron chi connectivity index (χ1n) is 3.15. The lowest BCUT2D eigenvalue weighted by Gasteiger charge is -1.81. The van der Waals surface area contributed by atoms with Gasteiger partial charge in [0.2, 0.25) is 0 Å². The Kier molecular flexibility index (Phi) is 0.869. The number of hydrogen-bond donors (Lipinski definition) is 1. The number of H-pyrrole nitrogens is 1. The number of hydrogen-bond acceptors (Lipinski definition) is 2. The lowest BCUT2D eigenvalue weighted by atomic mass is 10.4. The maximum Gasteiger partial charge on any atom is 0.180 e. The molecule has 1 N–H and O–H groups in total. The van der Waals surface area contributed by atoms with E-state index in [1.807, 2.05) is 24.6 Å². The molecule has 4 nitrogen and oxygen atoms in total. The predicted octanol–water partition coefficient (Wildman–Crippen LogP) is 0.674. The van der Waals surface area contributed by atoms with Crippen LogP contribution in [-0.4, -0.2) is 19.8 Å². The molecule has 0 amide bonds. The highest BCUT2D eigenvalue weighted by Crippen LogP contribution is 2.05. The number of rotatable bonds is 0. The quantitative estimate of drug-likeness (QED) is 0.578. The van der Waals surface area contributed by atoms with Gasteiger partial charge in [-0.15, -0.1) is 10.2 Å². The van der Waals surface area contributed by atoms with Crippen LogP contribution in [0.15, 0.2) is 6.20 Å². The van der Waals surface area contributed by atoms with Crippen LogP contribution in [0.3, 0.4) is 0 Å². The van der Waals surface area contributed by atoms with Gasteiger partial charge < -0.3 is 0 Å². The van der Waals surface area contributed by atoms with Crippen molar-refractivity contribution in [1.29, 1.82) is 0 Å². The highest BCUT2D eigenvalue weighted by molar-refractivity contribution is 5.44. The summed E-state index contributed by atoms with van der Waals surface area (Å²) in [4.78, 5) is 0. The Morgan fingerprint density at radius 2 is 2.20 bits per heavy atom. The second kappa shape index (κ2) is 1.59. The SMILES string of the molecule is Cc1c[nH]n2c(C)nnc12. The van der Waals surface area contributed by atoms with Gasteiger partial charge in [0.05, 0.1) is 0 Å². The molecule has 0 saturated carbocycles. The van der Waals surface area contributed by atoms with E-state index in [-0.39, 0.29) is 0 Å². The molecule has 0 radical (unpaired) electrons. The second-order valence-corrected chi connectivity index (χ2v) is 2.36. The average Bonchev–Trinajstić information content (AvgIpc) is 2.41. The van der Waals surface area contributed by atoms with Crippen LogP contribution in [0.4, 0.5) is 0 Å². The third-order valence-electron chi connectivity index (χ3n) is 1.59. The number of fused-ring (bicyclic) bond motifs is 1. The van der Waals surface area contributed by atoms with Gasteiger partial charge in [-0.2, -0.15) is 0 Å². The van der Waals surface area contributed by atoms with Gasteiger partial charge in [0.15, 0.2) is 5.65 Å². The van der Waals surface area contributed by atoms with Crippen LogP contribution < -0.4 is 0 Å². The minimum Gasteiger partial charge on any atom is -0.298 e. The molecule has 4 heteroatoms. The minimum absolute atomic E-state index is 0.892. The molecular weight excluding hydrogens is 128 g/mol. The van der Waals surface area contributed by atoms with Crippen LogP contribution in [0, 0.1) is 13.8 Å². The van der Waals surface area contributed by atoms with Crippen molar-refractivity contribution < 1.29 is 0 Å². The Bertz CT molecular complexity index is 321.